The highest BCUT2D eigenvalue weighted by atomic mass is 32.2. The van der Waals surface area contributed by atoms with E-state index in [9.17, 15) is 5.26 Å². The highest BCUT2D eigenvalue weighted by Gasteiger charge is 2.35. The van der Waals surface area contributed by atoms with Crippen LogP contribution in [0.4, 0.5) is 0 Å². The minimum absolute atomic E-state index is 0.00720. The largest absolute Gasteiger partial charge is 0.197 e. The molecule has 0 spiro atoms. The zero-order valence-corrected chi connectivity index (χ0v) is 9.61. The summed E-state index contributed by atoms with van der Waals surface area (Å²) in [6.45, 7) is 0. The summed E-state index contributed by atoms with van der Waals surface area (Å²) in [5.74, 6) is 0. The predicted molar refractivity (Wildman–Crippen MR) is 61.3 cm³/mol. The molecule has 14 heavy (non-hydrogen) atoms. The molecule has 2 heteroatoms. The van der Waals surface area contributed by atoms with Gasteiger partial charge in [0.25, 0.3) is 0 Å². The highest BCUT2D eigenvalue weighted by Crippen LogP contribution is 2.45. The van der Waals surface area contributed by atoms with Gasteiger partial charge < -0.3 is 0 Å². The van der Waals surface area contributed by atoms with E-state index in [4.69, 9.17) is 0 Å². The summed E-state index contributed by atoms with van der Waals surface area (Å²) >= 11 is 2.01. The predicted octanol–water partition coefficient (Wildman–Crippen LogP) is 3.89. The number of rotatable bonds is 2. The molecule has 2 aliphatic rings. The van der Waals surface area contributed by atoms with Gasteiger partial charge in [0, 0.05) is 5.25 Å². The van der Waals surface area contributed by atoms with Crippen molar-refractivity contribution in [3.05, 3.63) is 0 Å². The maximum Gasteiger partial charge on any atom is 0.103 e. The first kappa shape index (κ1) is 10.4. The van der Waals surface area contributed by atoms with E-state index in [1.165, 1.54) is 44.9 Å². The van der Waals surface area contributed by atoms with E-state index in [-0.39, 0.29) is 4.75 Å². The Labute approximate surface area is 91.3 Å². The summed E-state index contributed by atoms with van der Waals surface area (Å²) in [5, 5.41) is 10.1. The van der Waals surface area contributed by atoms with Crippen molar-refractivity contribution in [1.29, 1.82) is 5.26 Å². The van der Waals surface area contributed by atoms with Gasteiger partial charge in [-0.05, 0) is 25.7 Å². The first-order valence-electron chi connectivity index (χ1n) is 5.94. The molecule has 0 atom stereocenters. The molecule has 0 aromatic rings. The van der Waals surface area contributed by atoms with E-state index in [1.54, 1.807) is 0 Å². The molecule has 78 valence electrons. The molecule has 0 amide bonds. The summed E-state index contributed by atoms with van der Waals surface area (Å²) in [7, 11) is 0. The minimum atomic E-state index is 0.00720. The Balaban J connectivity index is 1.93. The van der Waals surface area contributed by atoms with Crippen LogP contribution in [0.5, 0.6) is 0 Å². The molecule has 1 nitrogen and oxygen atoms in total. The molecule has 0 radical (unpaired) electrons. The summed E-state index contributed by atoms with van der Waals surface area (Å²) in [4.78, 5) is 0. The lowest BCUT2D eigenvalue weighted by atomic mass is 9.89. The molecule has 2 aliphatic carbocycles. The van der Waals surface area contributed by atoms with Crippen molar-refractivity contribution in [3.63, 3.8) is 0 Å². The van der Waals surface area contributed by atoms with Gasteiger partial charge in [0.2, 0.25) is 0 Å². The molecule has 0 aromatic heterocycles. The zero-order valence-electron chi connectivity index (χ0n) is 8.80. The van der Waals surface area contributed by atoms with Crippen molar-refractivity contribution in [2.45, 2.75) is 67.8 Å². The van der Waals surface area contributed by atoms with Crippen LogP contribution in [0.15, 0.2) is 0 Å². The Kier molecular flexibility index (Phi) is 3.38. The highest BCUT2D eigenvalue weighted by molar-refractivity contribution is 8.01. The summed E-state index contributed by atoms with van der Waals surface area (Å²) in [6.07, 6.45) is 11.7. The van der Waals surface area contributed by atoms with Crippen LogP contribution in [-0.2, 0) is 0 Å². The minimum Gasteiger partial charge on any atom is -0.197 e. The van der Waals surface area contributed by atoms with Crippen molar-refractivity contribution < 1.29 is 0 Å². The molecular formula is C12H19NS. The van der Waals surface area contributed by atoms with Gasteiger partial charge in [-0.2, -0.15) is 5.26 Å². The third-order valence-corrected chi connectivity index (χ3v) is 5.31. The normalized spacial score (nSPS) is 27.4. The van der Waals surface area contributed by atoms with Crippen LogP contribution in [0.2, 0.25) is 0 Å². The molecular weight excluding hydrogens is 190 g/mol. The topological polar surface area (TPSA) is 23.8 Å². The van der Waals surface area contributed by atoms with Crippen LogP contribution >= 0.6 is 11.8 Å². The maximum atomic E-state index is 9.33. The van der Waals surface area contributed by atoms with Gasteiger partial charge in [0.1, 0.15) is 4.75 Å². The van der Waals surface area contributed by atoms with E-state index < -0.39 is 0 Å². The molecule has 2 rings (SSSR count). The van der Waals surface area contributed by atoms with Gasteiger partial charge in [-0.3, -0.25) is 0 Å². The average Bonchev–Trinajstić information content (AvgIpc) is 2.72. The lowest BCUT2D eigenvalue weighted by Gasteiger charge is -2.32. The fourth-order valence-electron chi connectivity index (χ4n) is 2.70. The van der Waals surface area contributed by atoms with Crippen molar-refractivity contribution >= 4 is 11.8 Å². The Morgan fingerprint density at radius 2 is 1.64 bits per heavy atom. The molecule has 0 bridgehead atoms. The summed E-state index contributed by atoms with van der Waals surface area (Å²) in [5.41, 5.74) is 0. The van der Waals surface area contributed by atoms with Crippen molar-refractivity contribution in [2.24, 2.45) is 0 Å². The van der Waals surface area contributed by atoms with Gasteiger partial charge in [-0.25, -0.2) is 0 Å². The van der Waals surface area contributed by atoms with Crippen LogP contribution in [0, 0.1) is 11.3 Å². The molecule has 0 aliphatic heterocycles. The summed E-state index contributed by atoms with van der Waals surface area (Å²) < 4.78 is 0.00720. The van der Waals surface area contributed by atoms with Crippen LogP contribution < -0.4 is 0 Å². The van der Waals surface area contributed by atoms with Gasteiger partial charge in [-0.15, -0.1) is 11.8 Å². The third-order valence-electron chi connectivity index (χ3n) is 3.56. The van der Waals surface area contributed by atoms with E-state index >= 15 is 0 Å². The molecule has 0 N–H and O–H groups in total. The lowest BCUT2D eigenvalue weighted by Crippen LogP contribution is -2.28. The fraction of sp³-hybridized carbons (Fsp3) is 0.917. The van der Waals surface area contributed by atoms with Crippen LogP contribution in [-0.4, -0.2) is 10.00 Å². The number of nitriles is 1. The second kappa shape index (κ2) is 4.57. The van der Waals surface area contributed by atoms with Crippen molar-refractivity contribution in [2.75, 3.05) is 0 Å². The van der Waals surface area contributed by atoms with Crippen molar-refractivity contribution in [3.8, 4) is 6.07 Å². The number of thioether (sulfide) groups is 1. The quantitative estimate of drug-likeness (QED) is 0.689. The van der Waals surface area contributed by atoms with Crippen LogP contribution in [0.3, 0.4) is 0 Å². The molecule has 0 aromatic carbocycles. The number of hydrogen-bond donors (Lipinski definition) is 0. The molecule has 2 saturated carbocycles. The number of nitrogens with zero attached hydrogens (tertiary/aromatic N) is 1. The third kappa shape index (κ3) is 2.25. The maximum absolute atomic E-state index is 9.33. The van der Waals surface area contributed by atoms with Gasteiger partial charge in [0.15, 0.2) is 0 Å². The SMILES string of the molecule is N#CC1(SC2CCCC2)CCCCC1. The van der Waals surface area contributed by atoms with E-state index in [2.05, 4.69) is 6.07 Å². The molecule has 0 saturated heterocycles. The standard InChI is InChI=1S/C12H19NS/c13-10-12(8-4-1-5-9-12)14-11-6-2-3-7-11/h11H,1-9H2. The van der Waals surface area contributed by atoms with E-state index in [0.717, 1.165) is 18.1 Å². The first-order chi connectivity index (χ1) is 6.85. The molecule has 0 unspecified atom stereocenters. The van der Waals surface area contributed by atoms with Gasteiger partial charge in [0.05, 0.1) is 6.07 Å². The van der Waals surface area contributed by atoms with Crippen LogP contribution in [0.1, 0.15) is 57.8 Å². The Hall–Kier alpha value is -0.160. The second-order valence-electron chi connectivity index (χ2n) is 4.69. The average molecular weight is 209 g/mol. The monoisotopic (exact) mass is 209 g/mol. The van der Waals surface area contributed by atoms with Gasteiger partial charge in [-0.1, -0.05) is 32.1 Å². The number of hydrogen-bond acceptors (Lipinski definition) is 2. The molecule has 0 heterocycles. The smallest absolute Gasteiger partial charge is 0.103 e. The Morgan fingerprint density at radius 1 is 1.00 bits per heavy atom. The first-order valence-corrected chi connectivity index (χ1v) is 6.82. The Bertz CT molecular complexity index is 219. The van der Waals surface area contributed by atoms with Crippen LogP contribution in [0.25, 0.3) is 0 Å². The second-order valence-corrected chi connectivity index (χ2v) is 6.37. The zero-order chi connectivity index (χ0) is 9.86. The van der Waals surface area contributed by atoms with Crippen molar-refractivity contribution in [1.82, 2.24) is 0 Å². The van der Waals surface area contributed by atoms with E-state index in [0.29, 0.717) is 0 Å². The van der Waals surface area contributed by atoms with E-state index in [1.807, 2.05) is 11.8 Å². The molecule has 2 fully saturated rings. The summed E-state index contributed by atoms with van der Waals surface area (Å²) in [6, 6.07) is 2.61. The lowest BCUT2D eigenvalue weighted by molar-refractivity contribution is 0.457. The Morgan fingerprint density at radius 3 is 2.21 bits per heavy atom. The van der Waals surface area contributed by atoms with Gasteiger partial charge >= 0.3 is 0 Å². The fourth-order valence-corrected chi connectivity index (χ4v) is 4.49.